The highest BCUT2D eigenvalue weighted by molar-refractivity contribution is 5.86. The summed E-state index contributed by atoms with van der Waals surface area (Å²) in [4.78, 5) is 13.2. The van der Waals surface area contributed by atoms with Crippen molar-refractivity contribution in [1.82, 2.24) is 25.1 Å². The van der Waals surface area contributed by atoms with Gasteiger partial charge in [-0.25, -0.2) is 4.98 Å². The van der Waals surface area contributed by atoms with E-state index in [0.29, 0.717) is 0 Å². The fourth-order valence-corrected chi connectivity index (χ4v) is 3.54. The van der Waals surface area contributed by atoms with Crippen LogP contribution in [0.2, 0.25) is 0 Å². The van der Waals surface area contributed by atoms with Crippen LogP contribution in [0, 0.1) is 20.8 Å². The Morgan fingerprint density at radius 3 is 2.46 bits per heavy atom. The summed E-state index contributed by atoms with van der Waals surface area (Å²) >= 11 is 0. The molecule has 2 aromatic heterocycles. The number of rotatable bonds is 2. The third-order valence-electron chi connectivity index (χ3n) is 5.00. The highest BCUT2D eigenvalue weighted by Crippen LogP contribution is 2.30. The summed E-state index contributed by atoms with van der Waals surface area (Å²) in [6.07, 6.45) is 0. The second-order valence-electron chi connectivity index (χ2n) is 6.84. The number of H-pyrrole nitrogens is 2. The van der Waals surface area contributed by atoms with E-state index in [-0.39, 0.29) is 0 Å². The number of benzene rings is 1. The van der Waals surface area contributed by atoms with E-state index in [9.17, 15) is 0 Å². The van der Waals surface area contributed by atoms with Gasteiger partial charge in [-0.05, 0) is 45.5 Å². The first-order valence-electron chi connectivity index (χ1n) is 8.48. The van der Waals surface area contributed by atoms with Gasteiger partial charge in [-0.1, -0.05) is 0 Å². The lowest BCUT2D eigenvalue weighted by Gasteiger charge is -2.34. The van der Waals surface area contributed by atoms with Gasteiger partial charge < -0.3 is 14.8 Å². The normalized spacial score (nSPS) is 16.2. The lowest BCUT2D eigenvalue weighted by atomic mass is 10.1. The first-order chi connectivity index (χ1) is 11.5. The molecule has 0 bridgehead atoms. The van der Waals surface area contributed by atoms with Crippen molar-refractivity contribution in [3.63, 3.8) is 0 Å². The molecule has 1 aromatic carbocycles. The predicted molar refractivity (Wildman–Crippen MR) is 97.6 cm³/mol. The van der Waals surface area contributed by atoms with Gasteiger partial charge in [0.25, 0.3) is 0 Å². The molecule has 0 radical (unpaired) electrons. The zero-order chi connectivity index (χ0) is 16.8. The molecular weight excluding hydrogens is 300 g/mol. The summed E-state index contributed by atoms with van der Waals surface area (Å²) in [5.74, 6) is 0.896. The summed E-state index contributed by atoms with van der Waals surface area (Å²) in [5, 5.41) is 7.32. The number of hydrogen-bond acceptors (Lipinski definition) is 4. The number of piperazine rings is 1. The van der Waals surface area contributed by atoms with Crippen LogP contribution in [-0.4, -0.2) is 58.3 Å². The van der Waals surface area contributed by atoms with E-state index >= 15 is 0 Å². The van der Waals surface area contributed by atoms with E-state index in [1.807, 2.05) is 13.8 Å². The van der Waals surface area contributed by atoms with Crippen LogP contribution in [0.15, 0.2) is 12.1 Å². The van der Waals surface area contributed by atoms with Gasteiger partial charge in [0, 0.05) is 37.6 Å². The zero-order valence-corrected chi connectivity index (χ0v) is 14.8. The van der Waals surface area contributed by atoms with Gasteiger partial charge in [0.1, 0.15) is 5.82 Å². The Balaban J connectivity index is 1.76. The number of anilines is 1. The molecule has 6 nitrogen and oxygen atoms in total. The van der Waals surface area contributed by atoms with Crippen LogP contribution in [0.4, 0.5) is 5.69 Å². The number of aromatic amines is 2. The minimum Gasteiger partial charge on any atom is -0.369 e. The van der Waals surface area contributed by atoms with Gasteiger partial charge in [0.2, 0.25) is 0 Å². The molecule has 0 saturated carbocycles. The average molecular weight is 324 g/mol. The van der Waals surface area contributed by atoms with E-state index in [2.05, 4.69) is 51.1 Å². The molecule has 0 amide bonds. The predicted octanol–water partition coefficient (Wildman–Crippen LogP) is 2.63. The quantitative estimate of drug-likeness (QED) is 0.760. The Labute approximate surface area is 141 Å². The van der Waals surface area contributed by atoms with Crippen molar-refractivity contribution in [3.8, 4) is 11.4 Å². The fourth-order valence-electron chi connectivity index (χ4n) is 3.54. The van der Waals surface area contributed by atoms with Crippen molar-refractivity contribution >= 4 is 16.7 Å². The first-order valence-corrected chi connectivity index (χ1v) is 8.48. The molecule has 126 valence electrons. The average Bonchev–Trinajstić information content (AvgIpc) is 3.11. The maximum absolute atomic E-state index is 4.83. The fraction of sp³-hybridized carbons (Fsp3) is 0.444. The molecule has 1 fully saturated rings. The molecule has 2 N–H and O–H groups in total. The van der Waals surface area contributed by atoms with Crippen molar-refractivity contribution in [1.29, 1.82) is 0 Å². The Morgan fingerprint density at radius 1 is 1.04 bits per heavy atom. The van der Waals surface area contributed by atoms with Crippen LogP contribution in [0.25, 0.3) is 22.4 Å². The molecule has 1 saturated heterocycles. The number of fused-ring (bicyclic) bond motifs is 1. The minimum atomic E-state index is 0.896. The van der Waals surface area contributed by atoms with Crippen molar-refractivity contribution < 1.29 is 0 Å². The van der Waals surface area contributed by atoms with Crippen LogP contribution in [0.3, 0.4) is 0 Å². The molecule has 0 unspecified atom stereocenters. The second kappa shape index (κ2) is 5.63. The molecule has 4 rings (SSSR count). The van der Waals surface area contributed by atoms with E-state index < -0.39 is 0 Å². The molecule has 1 aliphatic heterocycles. The standard InChI is InChI=1S/C18H24N6/c1-11-9-14(24-7-5-23(4)6-8-24)10-15-17(11)20-18(19-15)16-12(2)21-22-13(16)3/h9-10H,5-8H2,1-4H3,(H,19,20)(H,21,22). The third kappa shape index (κ3) is 2.47. The van der Waals surface area contributed by atoms with Crippen LogP contribution in [-0.2, 0) is 0 Å². The van der Waals surface area contributed by atoms with Gasteiger partial charge >= 0.3 is 0 Å². The van der Waals surface area contributed by atoms with Crippen LogP contribution < -0.4 is 4.90 Å². The maximum Gasteiger partial charge on any atom is 0.142 e. The molecule has 3 aromatic rings. The van der Waals surface area contributed by atoms with Gasteiger partial charge in [-0.3, -0.25) is 5.10 Å². The molecule has 0 atom stereocenters. The van der Waals surface area contributed by atoms with E-state index in [1.54, 1.807) is 0 Å². The number of nitrogens with one attached hydrogen (secondary N) is 2. The number of aryl methyl sites for hydroxylation is 3. The van der Waals surface area contributed by atoms with Crippen molar-refractivity contribution in [2.45, 2.75) is 20.8 Å². The number of aromatic nitrogens is 4. The largest absolute Gasteiger partial charge is 0.369 e. The van der Waals surface area contributed by atoms with Gasteiger partial charge in [0.05, 0.1) is 22.3 Å². The molecular formula is C18H24N6. The number of nitrogens with zero attached hydrogens (tertiary/aromatic N) is 4. The summed E-state index contributed by atoms with van der Waals surface area (Å²) in [5.41, 5.74) is 7.73. The Morgan fingerprint density at radius 2 is 1.79 bits per heavy atom. The molecule has 0 aliphatic carbocycles. The summed E-state index contributed by atoms with van der Waals surface area (Å²) < 4.78 is 0. The van der Waals surface area contributed by atoms with Crippen molar-refractivity contribution in [2.75, 3.05) is 38.1 Å². The summed E-state index contributed by atoms with van der Waals surface area (Å²) in [7, 11) is 2.18. The number of hydrogen-bond donors (Lipinski definition) is 2. The SMILES string of the molecule is Cc1n[nH]c(C)c1-c1nc2c(C)cc(N3CCN(C)CC3)cc2[nH]1. The second-order valence-corrected chi connectivity index (χ2v) is 6.84. The van der Waals surface area contributed by atoms with E-state index in [0.717, 1.165) is 60.0 Å². The lowest BCUT2D eigenvalue weighted by Crippen LogP contribution is -2.44. The van der Waals surface area contributed by atoms with Crippen molar-refractivity contribution in [3.05, 3.63) is 29.1 Å². The lowest BCUT2D eigenvalue weighted by molar-refractivity contribution is 0.313. The molecule has 1 aliphatic rings. The Kier molecular flexibility index (Phi) is 3.57. The van der Waals surface area contributed by atoms with E-state index in [4.69, 9.17) is 4.98 Å². The Bertz CT molecular complexity index is 863. The smallest absolute Gasteiger partial charge is 0.142 e. The minimum absolute atomic E-state index is 0.896. The maximum atomic E-state index is 4.83. The van der Waals surface area contributed by atoms with Gasteiger partial charge in [0.15, 0.2) is 0 Å². The first kappa shape index (κ1) is 15.2. The molecule has 0 spiro atoms. The monoisotopic (exact) mass is 324 g/mol. The zero-order valence-electron chi connectivity index (χ0n) is 14.8. The molecule has 6 heteroatoms. The summed E-state index contributed by atoms with van der Waals surface area (Å²) in [6, 6.07) is 4.49. The number of likely N-dealkylation sites (N-methyl/N-ethyl adjacent to an activating group) is 1. The van der Waals surface area contributed by atoms with E-state index in [1.165, 1.54) is 11.3 Å². The third-order valence-corrected chi connectivity index (χ3v) is 5.00. The van der Waals surface area contributed by atoms with Crippen LogP contribution >= 0.6 is 0 Å². The van der Waals surface area contributed by atoms with Gasteiger partial charge in [-0.15, -0.1) is 0 Å². The van der Waals surface area contributed by atoms with Crippen molar-refractivity contribution in [2.24, 2.45) is 0 Å². The van der Waals surface area contributed by atoms with Crippen LogP contribution in [0.5, 0.6) is 0 Å². The highest BCUT2D eigenvalue weighted by atomic mass is 15.2. The highest BCUT2D eigenvalue weighted by Gasteiger charge is 2.18. The van der Waals surface area contributed by atoms with Crippen LogP contribution in [0.1, 0.15) is 17.0 Å². The number of imidazole rings is 1. The summed E-state index contributed by atoms with van der Waals surface area (Å²) in [6.45, 7) is 10.5. The van der Waals surface area contributed by atoms with Gasteiger partial charge in [-0.2, -0.15) is 5.10 Å². The Hall–Kier alpha value is -2.34. The molecule has 24 heavy (non-hydrogen) atoms. The molecule has 3 heterocycles. The topological polar surface area (TPSA) is 63.8 Å².